The second-order valence-electron chi connectivity index (χ2n) is 17.8. The first-order chi connectivity index (χ1) is 32.2. The molecule has 0 saturated carbocycles. The summed E-state index contributed by atoms with van der Waals surface area (Å²) in [5.41, 5.74) is 24.9. The zero-order valence-electron chi connectivity index (χ0n) is 35.4. The predicted octanol–water partition coefficient (Wildman–Crippen LogP) is 14.3. The molecule has 2 heterocycles. The first-order valence-electron chi connectivity index (χ1n) is 22.6. The molecule has 1 N–H and O–H groups in total. The third-order valence-corrected chi connectivity index (χ3v) is 14.7. The monoisotopic (exact) mass is 828 g/mol. The molecular formula is C62H40N2O. The zero-order chi connectivity index (χ0) is 42.7. The molecule has 1 unspecified atom stereocenters. The van der Waals surface area contributed by atoms with E-state index in [2.05, 4.69) is 229 Å². The fraction of sp³-hybridized carbons (Fsp3) is 0.0645. The van der Waals surface area contributed by atoms with Crippen LogP contribution in [0.3, 0.4) is 0 Å². The van der Waals surface area contributed by atoms with Crippen LogP contribution in [0.1, 0.15) is 73.8 Å². The van der Waals surface area contributed by atoms with Gasteiger partial charge < -0.3 is 9.73 Å². The van der Waals surface area contributed by atoms with Crippen LogP contribution in [0.25, 0.3) is 49.9 Å². The maximum atomic E-state index is 6.72. The molecule has 2 spiro atoms. The lowest BCUT2D eigenvalue weighted by Crippen LogP contribution is -2.43. The highest BCUT2D eigenvalue weighted by Gasteiger charge is 2.59. The second kappa shape index (κ2) is 13.6. The number of furan rings is 1. The quantitative estimate of drug-likeness (QED) is 0.180. The van der Waals surface area contributed by atoms with Crippen molar-refractivity contribution in [1.82, 2.24) is 5.32 Å². The minimum atomic E-state index is -0.647. The Kier molecular flexibility index (Phi) is 7.61. The summed E-state index contributed by atoms with van der Waals surface area (Å²) in [6, 6.07) is 78.2. The molecular weight excluding hydrogens is 789 g/mol. The van der Waals surface area contributed by atoms with Gasteiger partial charge in [0.2, 0.25) is 0 Å². The molecule has 0 saturated heterocycles. The Bertz CT molecular complexity index is 3620. The van der Waals surface area contributed by atoms with E-state index < -0.39 is 10.8 Å². The predicted molar refractivity (Wildman–Crippen MR) is 263 cm³/mol. The third kappa shape index (κ3) is 4.88. The fourth-order valence-corrected chi connectivity index (χ4v) is 12.1. The van der Waals surface area contributed by atoms with Crippen molar-refractivity contribution >= 4 is 33.3 Å². The van der Waals surface area contributed by atoms with E-state index in [1.807, 2.05) is 0 Å². The first kappa shape index (κ1) is 36.3. The van der Waals surface area contributed by atoms with Crippen LogP contribution in [0.2, 0.25) is 0 Å². The lowest BCUT2D eigenvalue weighted by atomic mass is 9.52. The highest BCUT2D eigenvalue weighted by molar-refractivity contribution is 6.08. The van der Waals surface area contributed by atoms with Gasteiger partial charge in [-0.2, -0.15) is 0 Å². The van der Waals surface area contributed by atoms with Crippen molar-refractivity contribution in [2.45, 2.75) is 23.4 Å². The van der Waals surface area contributed by atoms with Crippen molar-refractivity contribution < 1.29 is 4.42 Å². The maximum Gasteiger partial charge on any atom is 0.145 e. The number of allylic oxidation sites excluding steroid dienone is 1. The third-order valence-electron chi connectivity index (χ3n) is 14.7. The van der Waals surface area contributed by atoms with E-state index >= 15 is 0 Å². The van der Waals surface area contributed by atoms with E-state index in [0.29, 0.717) is 6.42 Å². The molecule has 3 nitrogen and oxygen atoms in total. The first-order valence-corrected chi connectivity index (χ1v) is 22.6. The number of rotatable bonds is 3. The molecule has 14 rings (SSSR count). The van der Waals surface area contributed by atoms with Gasteiger partial charge in [-0.1, -0.05) is 194 Å². The summed E-state index contributed by atoms with van der Waals surface area (Å²) in [6.45, 7) is 0. The molecule has 65 heavy (non-hydrogen) atoms. The molecule has 4 aliphatic rings. The van der Waals surface area contributed by atoms with E-state index in [-0.39, 0.29) is 6.17 Å². The normalized spacial score (nSPS) is 16.6. The largest absolute Gasteiger partial charge is 0.456 e. The Hall–Kier alpha value is -8.23. The van der Waals surface area contributed by atoms with E-state index in [0.717, 1.165) is 50.0 Å². The van der Waals surface area contributed by atoms with Crippen LogP contribution in [0.5, 0.6) is 0 Å². The highest BCUT2D eigenvalue weighted by atomic mass is 16.3. The van der Waals surface area contributed by atoms with Crippen molar-refractivity contribution in [3.63, 3.8) is 0 Å². The van der Waals surface area contributed by atoms with Crippen molar-refractivity contribution in [3.05, 3.63) is 285 Å². The molecule has 0 fully saturated rings. The lowest BCUT2D eigenvalue weighted by Gasteiger charge is -2.48. The summed E-state index contributed by atoms with van der Waals surface area (Å²) in [5, 5.41) is 6.12. The summed E-state index contributed by atoms with van der Waals surface area (Å²) < 4.78 is 6.72. The van der Waals surface area contributed by atoms with E-state index in [1.165, 1.54) is 66.8 Å². The molecule has 1 aromatic heterocycles. The number of para-hydroxylation sites is 1. The number of aliphatic imine (C=N–C) groups is 1. The minimum absolute atomic E-state index is 0.387. The van der Waals surface area contributed by atoms with Gasteiger partial charge >= 0.3 is 0 Å². The second-order valence-corrected chi connectivity index (χ2v) is 17.8. The Labute approximate surface area is 377 Å². The molecule has 3 heteroatoms. The summed E-state index contributed by atoms with van der Waals surface area (Å²) in [6.07, 6.45) is 2.38. The van der Waals surface area contributed by atoms with Gasteiger partial charge in [-0.05, 0) is 108 Å². The Morgan fingerprint density at radius 3 is 1.62 bits per heavy atom. The van der Waals surface area contributed by atoms with Gasteiger partial charge in [-0.25, -0.2) is 0 Å². The van der Waals surface area contributed by atoms with Gasteiger partial charge in [0.05, 0.1) is 16.5 Å². The fourth-order valence-electron chi connectivity index (χ4n) is 12.1. The van der Waals surface area contributed by atoms with Gasteiger partial charge in [-0.15, -0.1) is 0 Å². The average Bonchev–Trinajstić information content (AvgIpc) is 3.97. The maximum absolute atomic E-state index is 6.72. The molecule has 1 atom stereocenters. The van der Waals surface area contributed by atoms with Crippen LogP contribution in [-0.2, 0) is 10.8 Å². The molecule has 10 aromatic rings. The van der Waals surface area contributed by atoms with Crippen LogP contribution in [0.4, 0.5) is 0 Å². The Balaban J connectivity index is 1.07. The van der Waals surface area contributed by atoms with Crippen molar-refractivity contribution in [1.29, 1.82) is 0 Å². The van der Waals surface area contributed by atoms with Crippen LogP contribution in [0.15, 0.2) is 234 Å². The molecule has 1 aliphatic heterocycles. The van der Waals surface area contributed by atoms with Gasteiger partial charge in [-0.3, -0.25) is 4.99 Å². The summed E-state index contributed by atoms with van der Waals surface area (Å²) in [5.74, 6) is 0. The van der Waals surface area contributed by atoms with Gasteiger partial charge in [0.25, 0.3) is 0 Å². The molecule has 9 aromatic carbocycles. The Morgan fingerprint density at radius 1 is 0.431 bits per heavy atom. The van der Waals surface area contributed by atoms with Crippen LogP contribution in [-0.4, -0.2) is 5.71 Å². The van der Waals surface area contributed by atoms with E-state index in [1.54, 1.807) is 0 Å². The van der Waals surface area contributed by atoms with Crippen molar-refractivity contribution in [3.8, 4) is 22.3 Å². The molecule has 0 bridgehead atoms. The topological polar surface area (TPSA) is 37.5 Å². The summed E-state index contributed by atoms with van der Waals surface area (Å²) >= 11 is 0. The van der Waals surface area contributed by atoms with E-state index in [4.69, 9.17) is 9.41 Å². The van der Waals surface area contributed by atoms with Crippen LogP contribution in [0, 0.1) is 0 Å². The molecule has 0 radical (unpaired) electrons. The SMILES string of the molecule is C1=CCC(c2ccccc2)=NC(c2ccc3c(c2)-c2cc4oc5ccccc5c4cc2C32c3ccccc3C3(c4ccccc4-c4ccccc43)c3ccccc32)NC=1c1ccccc1. The van der Waals surface area contributed by atoms with Gasteiger partial charge in [0.1, 0.15) is 17.3 Å². The summed E-state index contributed by atoms with van der Waals surface area (Å²) in [4.78, 5) is 5.57. The average molecular weight is 829 g/mol. The van der Waals surface area contributed by atoms with Crippen molar-refractivity contribution in [2.75, 3.05) is 0 Å². The van der Waals surface area contributed by atoms with E-state index in [9.17, 15) is 0 Å². The number of fused-ring (bicyclic) bond motifs is 19. The lowest BCUT2D eigenvalue weighted by molar-refractivity contribution is 0.631. The van der Waals surface area contributed by atoms with Crippen LogP contribution < -0.4 is 5.32 Å². The zero-order valence-corrected chi connectivity index (χ0v) is 35.4. The Morgan fingerprint density at radius 2 is 0.954 bits per heavy atom. The number of nitrogens with one attached hydrogen (secondary N) is 1. The number of hydrogen-bond donors (Lipinski definition) is 1. The number of hydrogen-bond acceptors (Lipinski definition) is 3. The van der Waals surface area contributed by atoms with Crippen LogP contribution >= 0.6 is 0 Å². The highest BCUT2D eigenvalue weighted by Crippen LogP contribution is 2.67. The number of nitrogens with zero attached hydrogens (tertiary/aromatic N) is 1. The van der Waals surface area contributed by atoms with Gasteiger partial charge in [0.15, 0.2) is 0 Å². The summed E-state index contributed by atoms with van der Waals surface area (Å²) in [7, 11) is 0. The number of benzene rings is 9. The van der Waals surface area contributed by atoms with Gasteiger partial charge in [0, 0.05) is 28.5 Å². The smallest absolute Gasteiger partial charge is 0.145 e. The molecule has 304 valence electrons. The molecule has 3 aliphatic carbocycles. The molecule has 0 amide bonds. The van der Waals surface area contributed by atoms with Crippen molar-refractivity contribution in [2.24, 2.45) is 4.99 Å². The minimum Gasteiger partial charge on any atom is -0.456 e. The standard InChI is InChI=1S/C62H40N2O/c1-3-18-39(19-4-1)56-31-17-32-57(40-20-5-2-6-21-40)64-60(63-56)41-34-35-50-45(36-41)46-38-59-47(44-24-9-16-33-58(44)65-59)37-55(46)62(50)53-29-14-12-27-51(53)61(52-28-13-15-30-54(52)62)48-25-10-7-22-42(48)43-23-8-11-26-49(43)61/h1-30,33-38,60,64H,31H2.